The van der Waals surface area contributed by atoms with Gasteiger partial charge in [-0.05, 0) is 62.4 Å². The Kier molecular flexibility index (Phi) is 6.73. The molecule has 2 atom stereocenters. The molecule has 3 aromatic rings. The van der Waals surface area contributed by atoms with E-state index in [1.54, 1.807) is 12.4 Å². The third-order valence-electron chi connectivity index (χ3n) is 7.37. The van der Waals surface area contributed by atoms with Crippen molar-refractivity contribution in [2.24, 2.45) is 5.41 Å². The smallest absolute Gasteiger partial charge is 0.124 e. The lowest BCUT2D eigenvalue weighted by atomic mass is 9.62. The van der Waals surface area contributed by atoms with Crippen LogP contribution in [0.15, 0.2) is 48.9 Å². The van der Waals surface area contributed by atoms with Gasteiger partial charge in [0.2, 0.25) is 0 Å². The van der Waals surface area contributed by atoms with Gasteiger partial charge in [0.15, 0.2) is 0 Å². The first kappa shape index (κ1) is 25.0. The molecule has 0 radical (unpaired) electrons. The third kappa shape index (κ3) is 4.57. The van der Waals surface area contributed by atoms with Gasteiger partial charge in [-0.2, -0.15) is 0 Å². The largest absolute Gasteiger partial charge is 0.385 e. The van der Waals surface area contributed by atoms with E-state index < -0.39 is 11.2 Å². The molecule has 0 bridgehead atoms. The molecule has 5 nitrogen and oxygen atoms in total. The van der Waals surface area contributed by atoms with Crippen molar-refractivity contribution in [1.29, 1.82) is 0 Å². The molecule has 34 heavy (non-hydrogen) atoms. The van der Waals surface area contributed by atoms with Crippen LogP contribution in [0.25, 0.3) is 0 Å². The fraction of sp³-hybridized carbons (Fsp3) is 0.500. The molecule has 182 valence electrons. The standard InChI is InChI=1S/C28H37N3O2S/c1-19(2)22-7-9-23(10-8-22)28(33,26(4)17-31(6)18-26)24-13-21(14-29-15-24)11-12-27(5,32)25-16-30-20(3)34-25/h7-10,13-16,19,32-33H,11-12,17-18H2,1-6H3. The predicted octanol–water partition coefficient (Wildman–Crippen LogP) is 5.00. The van der Waals surface area contributed by atoms with Crippen LogP contribution in [-0.2, 0) is 17.6 Å². The van der Waals surface area contributed by atoms with Gasteiger partial charge in [-0.15, -0.1) is 11.3 Å². The van der Waals surface area contributed by atoms with E-state index in [-0.39, 0.29) is 5.41 Å². The van der Waals surface area contributed by atoms with E-state index in [4.69, 9.17) is 0 Å². The maximum Gasteiger partial charge on any atom is 0.124 e. The van der Waals surface area contributed by atoms with Crippen molar-refractivity contribution >= 4 is 11.3 Å². The molecule has 1 aliphatic rings. The van der Waals surface area contributed by atoms with E-state index in [0.717, 1.165) is 39.7 Å². The van der Waals surface area contributed by atoms with Crippen molar-refractivity contribution in [1.82, 2.24) is 14.9 Å². The van der Waals surface area contributed by atoms with Crippen LogP contribution in [0, 0.1) is 12.3 Å². The van der Waals surface area contributed by atoms with Crippen molar-refractivity contribution in [2.45, 2.75) is 64.6 Å². The van der Waals surface area contributed by atoms with E-state index in [1.165, 1.54) is 16.9 Å². The summed E-state index contributed by atoms with van der Waals surface area (Å²) in [4.78, 5) is 11.9. The molecule has 1 fully saturated rings. The van der Waals surface area contributed by atoms with Gasteiger partial charge in [0.05, 0.1) is 15.5 Å². The zero-order chi connectivity index (χ0) is 24.7. The molecule has 1 saturated heterocycles. The van der Waals surface area contributed by atoms with Gasteiger partial charge in [-0.1, -0.05) is 45.0 Å². The first-order chi connectivity index (χ1) is 15.9. The second kappa shape index (κ2) is 9.15. The van der Waals surface area contributed by atoms with Crippen molar-refractivity contribution in [3.63, 3.8) is 0 Å². The zero-order valence-corrected chi connectivity index (χ0v) is 22.0. The van der Waals surface area contributed by atoms with Crippen LogP contribution >= 0.6 is 11.3 Å². The quantitative estimate of drug-likeness (QED) is 0.476. The Morgan fingerprint density at radius 3 is 2.32 bits per heavy atom. The number of hydrogen-bond donors (Lipinski definition) is 2. The van der Waals surface area contributed by atoms with Crippen LogP contribution in [0.3, 0.4) is 0 Å². The fourth-order valence-electron chi connectivity index (χ4n) is 5.29. The Bertz CT molecular complexity index is 1130. The molecule has 0 spiro atoms. The maximum absolute atomic E-state index is 12.4. The SMILES string of the molecule is Cc1ncc(C(C)(O)CCc2cncc(C(O)(c3ccc(C(C)C)cc3)C3(C)CN(C)C3)c2)s1. The van der Waals surface area contributed by atoms with Gasteiger partial charge >= 0.3 is 0 Å². The summed E-state index contributed by atoms with van der Waals surface area (Å²) in [5, 5.41) is 24.4. The third-order valence-corrected chi connectivity index (χ3v) is 8.54. The molecule has 0 amide bonds. The van der Waals surface area contributed by atoms with Crippen LogP contribution in [0.1, 0.15) is 72.2 Å². The van der Waals surface area contributed by atoms with Crippen molar-refractivity contribution < 1.29 is 10.2 Å². The molecule has 2 aromatic heterocycles. The number of nitrogens with zero attached hydrogens (tertiary/aromatic N) is 3. The highest BCUT2D eigenvalue weighted by Gasteiger charge is 2.55. The Morgan fingerprint density at radius 2 is 1.76 bits per heavy atom. The topological polar surface area (TPSA) is 69.5 Å². The van der Waals surface area contributed by atoms with Crippen molar-refractivity contribution in [3.05, 3.63) is 81.1 Å². The highest BCUT2D eigenvalue weighted by Crippen LogP contribution is 2.50. The van der Waals surface area contributed by atoms with Gasteiger partial charge < -0.3 is 15.1 Å². The van der Waals surface area contributed by atoms with E-state index in [1.807, 2.05) is 20.0 Å². The van der Waals surface area contributed by atoms with Gasteiger partial charge in [0.25, 0.3) is 0 Å². The number of aliphatic hydroxyl groups is 2. The minimum absolute atomic E-state index is 0.326. The normalized spacial score (nSPS) is 19.4. The Labute approximate surface area is 207 Å². The summed E-state index contributed by atoms with van der Waals surface area (Å²) in [5.74, 6) is 0.438. The van der Waals surface area contributed by atoms with Crippen LogP contribution < -0.4 is 0 Å². The average molecular weight is 480 g/mol. The second-order valence-electron chi connectivity index (χ2n) is 10.8. The number of aromatic nitrogens is 2. The lowest BCUT2D eigenvalue weighted by Gasteiger charge is -2.56. The highest BCUT2D eigenvalue weighted by molar-refractivity contribution is 7.11. The Morgan fingerprint density at radius 1 is 1.09 bits per heavy atom. The summed E-state index contributed by atoms with van der Waals surface area (Å²) in [6.45, 7) is 11.9. The molecular formula is C28H37N3O2S. The fourth-order valence-corrected chi connectivity index (χ4v) is 6.14. The molecular weight excluding hydrogens is 442 g/mol. The highest BCUT2D eigenvalue weighted by atomic mass is 32.1. The summed E-state index contributed by atoms with van der Waals surface area (Å²) in [7, 11) is 2.09. The Hall–Kier alpha value is -2.12. The monoisotopic (exact) mass is 479 g/mol. The molecule has 1 aromatic carbocycles. The first-order valence-electron chi connectivity index (χ1n) is 12.1. The Balaban J connectivity index is 1.66. The van der Waals surface area contributed by atoms with Gasteiger partial charge in [0.1, 0.15) is 5.60 Å². The van der Waals surface area contributed by atoms with E-state index >= 15 is 0 Å². The van der Waals surface area contributed by atoms with Crippen LogP contribution in [-0.4, -0.2) is 45.2 Å². The summed E-state index contributed by atoms with van der Waals surface area (Å²) < 4.78 is 0. The maximum atomic E-state index is 12.4. The molecule has 0 saturated carbocycles. The minimum Gasteiger partial charge on any atom is -0.385 e. The number of likely N-dealkylation sites (tertiary alicyclic amines) is 1. The number of thiazole rings is 1. The molecule has 0 aliphatic carbocycles. The first-order valence-corrected chi connectivity index (χ1v) is 12.9. The second-order valence-corrected chi connectivity index (χ2v) is 12.1. The number of rotatable bonds is 8. The van der Waals surface area contributed by atoms with Crippen molar-refractivity contribution in [3.8, 4) is 0 Å². The van der Waals surface area contributed by atoms with Crippen LogP contribution in [0.5, 0.6) is 0 Å². The summed E-state index contributed by atoms with van der Waals surface area (Å²) >= 11 is 1.53. The molecule has 2 unspecified atom stereocenters. The number of aryl methyl sites for hydroxylation is 2. The van der Waals surface area contributed by atoms with Gasteiger partial charge in [0, 0.05) is 42.7 Å². The van der Waals surface area contributed by atoms with E-state index in [0.29, 0.717) is 18.8 Å². The lowest BCUT2D eigenvalue weighted by molar-refractivity contribution is -0.127. The van der Waals surface area contributed by atoms with Crippen LogP contribution in [0.4, 0.5) is 0 Å². The summed E-state index contributed by atoms with van der Waals surface area (Å²) in [6, 6.07) is 10.5. The van der Waals surface area contributed by atoms with E-state index in [9.17, 15) is 10.2 Å². The summed E-state index contributed by atoms with van der Waals surface area (Å²) in [6.07, 6.45) is 6.62. The number of benzene rings is 1. The molecule has 1 aliphatic heterocycles. The molecule has 3 heterocycles. The molecule has 4 rings (SSSR count). The minimum atomic E-state index is -1.16. The number of pyridine rings is 1. The lowest BCUT2D eigenvalue weighted by Crippen LogP contribution is -2.63. The molecule has 6 heteroatoms. The van der Waals surface area contributed by atoms with Gasteiger partial charge in [-0.3, -0.25) is 4.98 Å². The van der Waals surface area contributed by atoms with Crippen molar-refractivity contribution in [2.75, 3.05) is 20.1 Å². The predicted molar refractivity (Wildman–Crippen MR) is 138 cm³/mol. The summed E-state index contributed by atoms with van der Waals surface area (Å²) in [5.41, 5.74) is 1.54. The van der Waals surface area contributed by atoms with Gasteiger partial charge in [-0.25, -0.2) is 4.98 Å². The molecule has 2 N–H and O–H groups in total. The average Bonchev–Trinajstić information content (AvgIpc) is 3.24. The zero-order valence-electron chi connectivity index (χ0n) is 21.2. The number of hydrogen-bond acceptors (Lipinski definition) is 6. The van der Waals surface area contributed by atoms with Crippen LogP contribution in [0.2, 0.25) is 0 Å². The van der Waals surface area contributed by atoms with E-state index in [2.05, 4.69) is 73.0 Å².